The average molecular weight is 914 g/mol. The van der Waals surface area contributed by atoms with Gasteiger partial charge in [0.2, 0.25) is 17.7 Å². The molecular formula is C51H87N5O9. The van der Waals surface area contributed by atoms with Crippen LogP contribution >= 0.6 is 0 Å². The molecule has 0 aromatic heterocycles. The summed E-state index contributed by atoms with van der Waals surface area (Å²) in [7, 11) is 8.67. The van der Waals surface area contributed by atoms with Crippen LogP contribution in [0.15, 0.2) is 30.3 Å². The highest BCUT2D eigenvalue weighted by Crippen LogP contribution is 2.32. The third-order valence-electron chi connectivity index (χ3n) is 13.6. The number of methoxy groups -OCH3 is 2. The quantitative estimate of drug-likeness (QED) is 0.0749. The van der Waals surface area contributed by atoms with Crippen molar-refractivity contribution >= 4 is 35.3 Å². The Morgan fingerprint density at radius 1 is 0.877 bits per heavy atom. The molecular weight excluding hydrogens is 827 g/mol. The molecule has 370 valence electrons. The summed E-state index contributed by atoms with van der Waals surface area (Å²) in [6.07, 6.45) is 1.69. The van der Waals surface area contributed by atoms with Gasteiger partial charge in [0, 0.05) is 65.0 Å². The minimum absolute atomic E-state index is 0.0155. The number of benzene rings is 1. The Kier molecular flexibility index (Phi) is 24.0. The highest BCUT2D eigenvalue weighted by atomic mass is 16.5. The Morgan fingerprint density at radius 3 is 2.03 bits per heavy atom. The van der Waals surface area contributed by atoms with Crippen molar-refractivity contribution in [1.82, 2.24) is 20.0 Å². The van der Waals surface area contributed by atoms with Crippen LogP contribution in [0.4, 0.5) is 0 Å². The number of ketones is 2. The Hall–Kier alpha value is -3.72. The number of hydrogen-bond donors (Lipinski definition) is 2. The fourth-order valence-corrected chi connectivity index (χ4v) is 9.43. The minimum atomic E-state index is -0.766. The van der Waals surface area contributed by atoms with E-state index in [1.165, 1.54) is 0 Å². The van der Waals surface area contributed by atoms with Gasteiger partial charge < -0.3 is 35.1 Å². The number of rotatable bonds is 28. The molecule has 14 nitrogen and oxygen atoms in total. The van der Waals surface area contributed by atoms with Crippen LogP contribution in [-0.2, 0) is 49.4 Å². The molecule has 3 N–H and O–H groups in total. The largest absolute Gasteiger partial charge is 0.464 e. The standard InChI is InChI=1S/C51H87N5O9/c1-16-34(6)45(55(13)49(61)38(32(2)3)30-41(58)44(33(4)5)54(11)12)42(63-14)31-43(59)56-26-20-24-39(56)46(64-15)35(7)40(57)29-37(28-36-22-18-17-19-23-36)48(60)53-25-21-27-65-50(62)47(52)51(8,9)10/h17-19,22-23,32-35,37-39,42,44-47H,16,20-21,24-31,52H2,1-15H3,(H,53,60)/t34-,35-,37+,38-,39-,42+,44-,45-,46+,47+/m0/s1. The van der Waals surface area contributed by atoms with Crippen molar-refractivity contribution in [3.63, 3.8) is 0 Å². The van der Waals surface area contributed by atoms with Crippen LogP contribution in [0.3, 0.4) is 0 Å². The molecule has 14 heteroatoms. The van der Waals surface area contributed by atoms with Crippen LogP contribution in [0.2, 0.25) is 0 Å². The number of nitrogens with one attached hydrogen (secondary N) is 1. The van der Waals surface area contributed by atoms with E-state index >= 15 is 0 Å². The summed E-state index contributed by atoms with van der Waals surface area (Å²) in [5.74, 6) is -3.02. The summed E-state index contributed by atoms with van der Waals surface area (Å²) in [6.45, 7) is 20.3. The maximum Gasteiger partial charge on any atom is 0.323 e. The van der Waals surface area contributed by atoms with Gasteiger partial charge in [-0.2, -0.15) is 0 Å². The smallest absolute Gasteiger partial charge is 0.323 e. The van der Waals surface area contributed by atoms with Crippen molar-refractivity contribution in [1.29, 1.82) is 0 Å². The van der Waals surface area contributed by atoms with Crippen LogP contribution in [0.25, 0.3) is 0 Å². The Morgan fingerprint density at radius 2 is 1.51 bits per heavy atom. The summed E-state index contributed by atoms with van der Waals surface area (Å²) in [5, 5.41) is 2.94. The number of likely N-dealkylation sites (N-methyl/N-ethyl adjacent to an activating group) is 2. The Balaban J connectivity index is 2.25. The van der Waals surface area contributed by atoms with Crippen molar-refractivity contribution in [2.24, 2.45) is 46.7 Å². The summed E-state index contributed by atoms with van der Waals surface area (Å²) >= 11 is 0. The lowest BCUT2D eigenvalue weighted by molar-refractivity contribution is -0.149. The van der Waals surface area contributed by atoms with E-state index in [0.717, 1.165) is 18.4 Å². The Labute approximate surface area is 391 Å². The molecule has 65 heavy (non-hydrogen) atoms. The van der Waals surface area contributed by atoms with Crippen LogP contribution < -0.4 is 11.1 Å². The number of nitrogens with two attached hydrogens (primary N) is 1. The lowest BCUT2D eigenvalue weighted by Gasteiger charge is -2.41. The van der Waals surface area contributed by atoms with E-state index in [0.29, 0.717) is 25.8 Å². The molecule has 10 atom stereocenters. The van der Waals surface area contributed by atoms with Crippen molar-refractivity contribution in [2.75, 3.05) is 55.1 Å². The number of likely N-dealkylation sites (tertiary alicyclic amines) is 1. The summed E-state index contributed by atoms with van der Waals surface area (Å²) < 4.78 is 17.5. The maximum atomic E-state index is 14.4. The van der Waals surface area contributed by atoms with Gasteiger partial charge in [-0.3, -0.25) is 33.7 Å². The number of nitrogens with zero attached hydrogens (tertiary/aromatic N) is 3. The van der Waals surface area contributed by atoms with Gasteiger partial charge in [-0.25, -0.2) is 0 Å². The first-order valence-corrected chi connectivity index (χ1v) is 24.0. The van der Waals surface area contributed by atoms with Crippen LogP contribution in [0.1, 0.15) is 120 Å². The summed E-state index contributed by atoms with van der Waals surface area (Å²) in [6, 6.07) is 7.65. The molecule has 1 aromatic carbocycles. The van der Waals surface area contributed by atoms with E-state index in [1.54, 1.807) is 38.0 Å². The molecule has 3 amide bonds. The number of ether oxygens (including phenoxy) is 3. The summed E-state index contributed by atoms with van der Waals surface area (Å²) in [4.78, 5) is 88.2. The highest BCUT2D eigenvalue weighted by molar-refractivity contribution is 5.90. The van der Waals surface area contributed by atoms with Crippen molar-refractivity contribution in [3.05, 3.63) is 35.9 Å². The molecule has 0 bridgehead atoms. The fourth-order valence-electron chi connectivity index (χ4n) is 9.43. The molecule has 1 fully saturated rings. The van der Waals surface area contributed by atoms with Gasteiger partial charge in [0.05, 0.1) is 43.4 Å². The number of hydrogen-bond acceptors (Lipinski definition) is 11. The van der Waals surface area contributed by atoms with Gasteiger partial charge in [-0.05, 0) is 68.5 Å². The number of carbonyl (C=O) groups is 6. The first-order valence-electron chi connectivity index (χ1n) is 24.0. The molecule has 1 heterocycles. The minimum Gasteiger partial charge on any atom is -0.464 e. The second-order valence-corrected chi connectivity index (χ2v) is 20.5. The van der Waals surface area contributed by atoms with E-state index in [9.17, 15) is 28.8 Å². The topological polar surface area (TPSA) is 178 Å². The van der Waals surface area contributed by atoms with Crippen molar-refractivity contribution < 1.29 is 43.0 Å². The number of esters is 1. The zero-order valence-corrected chi connectivity index (χ0v) is 42.7. The highest BCUT2D eigenvalue weighted by Gasteiger charge is 2.43. The van der Waals surface area contributed by atoms with Gasteiger partial charge in [-0.15, -0.1) is 0 Å². The van der Waals surface area contributed by atoms with Gasteiger partial charge in [0.25, 0.3) is 0 Å². The average Bonchev–Trinajstić information content (AvgIpc) is 3.73. The first kappa shape index (κ1) is 57.4. The van der Waals surface area contributed by atoms with Gasteiger partial charge in [0.15, 0.2) is 5.78 Å². The zero-order chi connectivity index (χ0) is 49.3. The maximum absolute atomic E-state index is 14.4. The number of Topliss-reactive ketones (excluding diaryl/α,β-unsaturated/α-hetero) is 2. The molecule has 0 unspecified atom stereocenters. The zero-order valence-electron chi connectivity index (χ0n) is 42.7. The molecule has 1 aromatic rings. The van der Waals surface area contributed by atoms with Gasteiger partial charge in [-0.1, -0.05) is 106 Å². The molecule has 1 saturated heterocycles. The second kappa shape index (κ2) is 27.2. The lowest BCUT2D eigenvalue weighted by atomic mass is 9.83. The molecule has 1 aliphatic heterocycles. The van der Waals surface area contributed by atoms with Crippen LogP contribution in [0.5, 0.6) is 0 Å². The second-order valence-electron chi connectivity index (χ2n) is 20.5. The molecule has 0 aliphatic carbocycles. The first-order chi connectivity index (χ1) is 30.4. The van der Waals surface area contributed by atoms with Gasteiger partial charge >= 0.3 is 5.97 Å². The number of amides is 3. The molecule has 0 radical (unpaired) electrons. The fraction of sp³-hybridized carbons (Fsp3) is 0.765. The molecule has 0 spiro atoms. The predicted molar refractivity (Wildman–Crippen MR) is 256 cm³/mol. The predicted octanol–water partition coefficient (Wildman–Crippen LogP) is 5.97. The SMILES string of the molecule is CC[C@H](C)[C@@H]([C@@H](CC(=O)N1CCC[C@H]1[C@H](OC)[C@@H](C)C(=O)C[C@@H](Cc1ccccc1)C(=O)NCCCOC(=O)[C@@H](N)C(C)(C)C)OC)N(C)C(=O)[C@@H](CC(=O)[C@H](C(C)C)N(C)C)C(C)C. The van der Waals surface area contributed by atoms with E-state index in [2.05, 4.69) is 19.2 Å². The van der Waals surface area contributed by atoms with E-state index in [-0.39, 0.29) is 91.5 Å². The third-order valence-corrected chi connectivity index (χ3v) is 13.6. The molecule has 2 rings (SSSR count). The molecule has 0 saturated carbocycles. The van der Waals surface area contributed by atoms with Crippen LogP contribution in [0, 0.1) is 40.9 Å². The van der Waals surface area contributed by atoms with Gasteiger partial charge in [0.1, 0.15) is 11.8 Å². The third kappa shape index (κ3) is 16.8. The van der Waals surface area contributed by atoms with Crippen LogP contribution in [-0.4, -0.2) is 141 Å². The Bertz CT molecular complexity index is 1660. The summed E-state index contributed by atoms with van der Waals surface area (Å²) in [5.41, 5.74) is 6.50. The van der Waals surface area contributed by atoms with Crippen molar-refractivity contribution in [3.8, 4) is 0 Å². The number of carbonyl (C=O) groups excluding carboxylic acids is 6. The van der Waals surface area contributed by atoms with Crippen molar-refractivity contribution in [2.45, 2.75) is 157 Å². The monoisotopic (exact) mass is 914 g/mol. The van der Waals surface area contributed by atoms with E-state index in [1.807, 2.05) is 97.8 Å². The molecule has 1 aliphatic rings. The lowest BCUT2D eigenvalue weighted by Crippen LogP contribution is -2.54. The normalized spacial score (nSPS) is 18.6. The van der Waals surface area contributed by atoms with E-state index in [4.69, 9.17) is 19.9 Å². The van der Waals surface area contributed by atoms with E-state index < -0.39 is 53.4 Å².